The summed E-state index contributed by atoms with van der Waals surface area (Å²) in [7, 11) is 0. The van der Waals surface area contributed by atoms with Crippen molar-refractivity contribution in [2.24, 2.45) is 0 Å². The number of nitrogens with one attached hydrogen (secondary N) is 2. The van der Waals surface area contributed by atoms with Gasteiger partial charge in [0.2, 0.25) is 5.95 Å². The van der Waals surface area contributed by atoms with Gasteiger partial charge in [-0.3, -0.25) is 0 Å². The summed E-state index contributed by atoms with van der Waals surface area (Å²) in [5, 5.41) is 15.4. The second-order valence-corrected chi connectivity index (χ2v) is 5.53. The fourth-order valence-electron chi connectivity index (χ4n) is 2.41. The summed E-state index contributed by atoms with van der Waals surface area (Å²) in [5.74, 6) is -0.00841. The number of benzene rings is 1. The molecule has 1 unspecified atom stereocenters. The second kappa shape index (κ2) is 8.12. The monoisotopic (exact) mass is 354 g/mol. The second-order valence-electron chi connectivity index (χ2n) is 5.53. The zero-order chi connectivity index (χ0) is 16.2. The minimum absolute atomic E-state index is 0. The van der Waals surface area contributed by atoms with Gasteiger partial charge < -0.3 is 20.5 Å². The molecule has 0 amide bonds. The first kappa shape index (κ1) is 18.2. The number of anilines is 3. The van der Waals surface area contributed by atoms with Crippen molar-refractivity contribution >= 4 is 29.9 Å². The van der Waals surface area contributed by atoms with Crippen molar-refractivity contribution in [2.75, 3.05) is 23.8 Å². The fourth-order valence-corrected chi connectivity index (χ4v) is 2.41. The molecule has 1 aliphatic rings. The van der Waals surface area contributed by atoms with Gasteiger partial charge in [-0.25, -0.2) is 9.37 Å². The third kappa shape index (κ3) is 4.46. The first-order valence-electron chi connectivity index (χ1n) is 7.56. The standard InChI is InChI=1S/C16H19FN4O2.ClH/c1-10-8-19-16(20-11-4-5-14(22)13(17)7-11)21-15(10)18-9-12-3-2-6-23-12;/h4-5,7-8,12,22H,2-3,6,9H2,1H3,(H2,18,19,20,21);1H. The molecular weight excluding hydrogens is 335 g/mol. The summed E-state index contributed by atoms with van der Waals surface area (Å²) < 4.78 is 18.9. The van der Waals surface area contributed by atoms with Crippen LogP contribution in [0.2, 0.25) is 0 Å². The highest BCUT2D eigenvalue weighted by Crippen LogP contribution is 2.22. The summed E-state index contributed by atoms with van der Waals surface area (Å²) in [5.41, 5.74) is 1.39. The molecule has 0 saturated carbocycles. The Balaban J connectivity index is 0.00000208. The minimum Gasteiger partial charge on any atom is -0.505 e. The predicted molar refractivity (Wildman–Crippen MR) is 92.8 cm³/mol. The third-order valence-electron chi connectivity index (χ3n) is 3.70. The molecule has 1 atom stereocenters. The molecule has 1 aromatic heterocycles. The Morgan fingerprint density at radius 3 is 2.96 bits per heavy atom. The van der Waals surface area contributed by atoms with Crippen molar-refractivity contribution in [1.82, 2.24) is 9.97 Å². The maximum absolute atomic E-state index is 13.4. The Labute approximate surface area is 145 Å². The number of rotatable bonds is 5. The predicted octanol–water partition coefficient (Wildman–Crippen LogP) is 3.39. The smallest absolute Gasteiger partial charge is 0.229 e. The Morgan fingerprint density at radius 2 is 2.25 bits per heavy atom. The van der Waals surface area contributed by atoms with Crippen LogP contribution in [0.15, 0.2) is 24.4 Å². The lowest BCUT2D eigenvalue weighted by atomic mass is 10.2. The van der Waals surface area contributed by atoms with Crippen LogP contribution in [-0.2, 0) is 4.74 Å². The zero-order valence-electron chi connectivity index (χ0n) is 13.3. The molecular formula is C16H20ClFN4O2. The van der Waals surface area contributed by atoms with Crippen molar-refractivity contribution in [3.63, 3.8) is 0 Å². The molecule has 24 heavy (non-hydrogen) atoms. The van der Waals surface area contributed by atoms with Crippen LogP contribution >= 0.6 is 12.4 Å². The number of aryl methyl sites for hydroxylation is 1. The molecule has 6 nitrogen and oxygen atoms in total. The zero-order valence-corrected chi connectivity index (χ0v) is 14.1. The SMILES string of the molecule is Cc1cnc(Nc2ccc(O)c(F)c2)nc1NCC1CCCO1.Cl. The molecule has 0 bridgehead atoms. The molecule has 8 heteroatoms. The summed E-state index contributed by atoms with van der Waals surface area (Å²) in [6, 6.07) is 4.03. The van der Waals surface area contributed by atoms with E-state index >= 15 is 0 Å². The van der Waals surface area contributed by atoms with E-state index in [9.17, 15) is 9.50 Å². The Bertz CT molecular complexity index is 696. The number of hydrogen-bond donors (Lipinski definition) is 3. The van der Waals surface area contributed by atoms with Gasteiger partial charge >= 0.3 is 0 Å². The van der Waals surface area contributed by atoms with Crippen molar-refractivity contribution in [2.45, 2.75) is 25.9 Å². The van der Waals surface area contributed by atoms with Crippen LogP contribution in [0.4, 0.5) is 21.8 Å². The molecule has 3 N–H and O–H groups in total. The number of phenols is 1. The highest BCUT2D eigenvalue weighted by atomic mass is 35.5. The molecule has 0 radical (unpaired) electrons. The lowest BCUT2D eigenvalue weighted by Crippen LogP contribution is -2.19. The molecule has 1 fully saturated rings. The van der Waals surface area contributed by atoms with E-state index in [2.05, 4.69) is 20.6 Å². The molecule has 3 rings (SSSR count). The maximum Gasteiger partial charge on any atom is 0.229 e. The lowest BCUT2D eigenvalue weighted by Gasteiger charge is -2.14. The number of aromatic nitrogens is 2. The van der Waals surface area contributed by atoms with Gasteiger partial charge in [-0.2, -0.15) is 4.98 Å². The highest BCUT2D eigenvalue weighted by Gasteiger charge is 2.15. The first-order valence-corrected chi connectivity index (χ1v) is 7.56. The van der Waals surface area contributed by atoms with E-state index in [0.717, 1.165) is 30.8 Å². The van der Waals surface area contributed by atoms with Crippen molar-refractivity contribution in [1.29, 1.82) is 0 Å². The highest BCUT2D eigenvalue weighted by molar-refractivity contribution is 5.85. The number of hydrogen-bond acceptors (Lipinski definition) is 6. The van der Waals surface area contributed by atoms with Crippen LogP contribution in [0.5, 0.6) is 5.75 Å². The van der Waals surface area contributed by atoms with Gasteiger partial charge in [-0.1, -0.05) is 0 Å². The van der Waals surface area contributed by atoms with Crippen molar-refractivity contribution < 1.29 is 14.2 Å². The van der Waals surface area contributed by atoms with E-state index < -0.39 is 5.82 Å². The van der Waals surface area contributed by atoms with Crippen LogP contribution in [0.1, 0.15) is 18.4 Å². The number of nitrogens with zero attached hydrogens (tertiary/aromatic N) is 2. The lowest BCUT2D eigenvalue weighted by molar-refractivity contribution is 0.120. The summed E-state index contributed by atoms with van der Waals surface area (Å²) >= 11 is 0. The van der Waals surface area contributed by atoms with E-state index in [1.165, 1.54) is 12.1 Å². The van der Waals surface area contributed by atoms with Crippen molar-refractivity contribution in [3.05, 3.63) is 35.8 Å². The third-order valence-corrected chi connectivity index (χ3v) is 3.70. The fraction of sp³-hybridized carbons (Fsp3) is 0.375. The molecule has 1 aliphatic heterocycles. The molecule has 0 aliphatic carbocycles. The van der Waals surface area contributed by atoms with Gasteiger partial charge in [-0.15, -0.1) is 12.4 Å². The van der Waals surface area contributed by atoms with Crippen LogP contribution in [0.3, 0.4) is 0 Å². The Morgan fingerprint density at radius 1 is 1.42 bits per heavy atom. The molecule has 0 spiro atoms. The van der Waals surface area contributed by atoms with E-state index in [1.807, 2.05) is 6.92 Å². The van der Waals surface area contributed by atoms with E-state index in [1.54, 1.807) is 12.3 Å². The van der Waals surface area contributed by atoms with Gasteiger partial charge in [0.25, 0.3) is 0 Å². The summed E-state index contributed by atoms with van der Waals surface area (Å²) in [4.78, 5) is 8.59. The van der Waals surface area contributed by atoms with Crippen LogP contribution in [0.25, 0.3) is 0 Å². The average molecular weight is 355 g/mol. The minimum atomic E-state index is -0.696. The number of phenolic OH excluding ortho intramolecular Hbond substituents is 1. The quantitative estimate of drug-likeness (QED) is 0.714. The number of halogens is 2. The van der Waals surface area contributed by atoms with E-state index in [0.29, 0.717) is 18.2 Å². The van der Waals surface area contributed by atoms with Crippen LogP contribution in [0, 0.1) is 12.7 Å². The van der Waals surface area contributed by atoms with Gasteiger partial charge in [0.15, 0.2) is 11.6 Å². The van der Waals surface area contributed by atoms with Gasteiger partial charge in [0.1, 0.15) is 5.82 Å². The molecule has 2 heterocycles. The molecule has 1 aromatic carbocycles. The van der Waals surface area contributed by atoms with E-state index in [-0.39, 0.29) is 24.3 Å². The molecule has 1 saturated heterocycles. The maximum atomic E-state index is 13.4. The number of aromatic hydroxyl groups is 1. The topological polar surface area (TPSA) is 79.3 Å². The normalized spacial score (nSPS) is 16.5. The molecule has 130 valence electrons. The summed E-state index contributed by atoms with van der Waals surface area (Å²) in [6.07, 6.45) is 4.06. The van der Waals surface area contributed by atoms with Gasteiger partial charge in [0, 0.05) is 36.7 Å². The van der Waals surface area contributed by atoms with Crippen molar-refractivity contribution in [3.8, 4) is 5.75 Å². The molecule has 2 aromatic rings. The first-order chi connectivity index (χ1) is 11.1. The van der Waals surface area contributed by atoms with Gasteiger partial charge in [0.05, 0.1) is 6.10 Å². The average Bonchev–Trinajstić information content (AvgIpc) is 3.05. The van der Waals surface area contributed by atoms with Crippen LogP contribution in [-0.4, -0.2) is 34.3 Å². The van der Waals surface area contributed by atoms with Gasteiger partial charge in [-0.05, 0) is 31.9 Å². The Hall–Kier alpha value is -2.12. The largest absolute Gasteiger partial charge is 0.505 e. The van der Waals surface area contributed by atoms with Crippen LogP contribution < -0.4 is 10.6 Å². The summed E-state index contributed by atoms with van der Waals surface area (Å²) in [6.45, 7) is 3.43. The van der Waals surface area contributed by atoms with E-state index in [4.69, 9.17) is 4.74 Å². The number of ether oxygens (including phenoxy) is 1. The Kier molecular flexibility index (Phi) is 6.16.